The molecule has 0 bridgehead atoms. The number of benzene rings is 1. The van der Waals surface area contributed by atoms with E-state index in [0.717, 1.165) is 74.3 Å². The van der Waals surface area contributed by atoms with Crippen molar-refractivity contribution in [3.8, 4) is 11.3 Å². The standard InChI is InChI=1S/C31H35N5O/c37-31(25-11-12-29-28(20-25)30(35-34-29)24-13-16-32-17-14-24)33-26-9-3-4-18-36(21-26)19-15-23-8-5-7-22-6-1-2-10-27(22)23/h1-2,6,8,10-14,16-17,25-26H,3-5,7,9,15,18-21H2,(H,33,37)(H,34,35). The lowest BCUT2D eigenvalue weighted by molar-refractivity contribution is -0.124. The number of fused-ring (bicyclic) bond motifs is 2. The quantitative estimate of drug-likeness (QED) is 0.504. The highest BCUT2D eigenvalue weighted by molar-refractivity contribution is 5.84. The third-order valence-electron chi connectivity index (χ3n) is 8.08. The Morgan fingerprint density at radius 1 is 1.14 bits per heavy atom. The zero-order valence-electron chi connectivity index (χ0n) is 21.3. The highest BCUT2D eigenvalue weighted by atomic mass is 16.1. The highest BCUT2D eigenvalue weighted by Crippen LogP contribution is 2.31. The van der Waals surface area contributed by atoms with Gasteiger partial charge < -0.3 is 10.2 Å². The largest absolute Gasteiger partial charge is 0.352 e. The molecule has 1 aromatic carbocycles. The number of aromatic nitrogens is 3. The van der Waals surface area contributed by atoms with Crippen molar-refractivity contribution in [2.45, 2.75) is 51.0 Å². The topological polar surface area (TPSA) is 73.9 Å². The van der Waals surface area contributed by atoms with Crippen LogP contribution in [0.3, 0.4) is 0 Å². The Kier molecular flexibility index (Phi) is 7.00. The van der Waals surface area contributed by atoms with Gasteiger partial charge >= 0.3 is 0 Å². The Bertz CT molecular complexity index is 1310. The average molecular weight is 494 g/mol. The number of carbonyl (C=O) groups is 1. The second kappa shape index (κ2) is 10.9. The van der Waals surface area contributed by atoms with Crippen molar-refractivity contribution in [2.75, 3.05) is 19.6 Å². The molecule has 190 valence electrons. The summed E-state index contributed by atoms with van der Waals surface area (Å²) in [5, 5.41) is 11.1. The minimum Gasteiger partial charge on any atom is -0.352 e. The number of aryl methyl sites for hydroxylation is 1. The first-order valence-electron chi connectivity index (χ1n) is 13.7. The van der Waals surface area contributed by atoms with Gasteiger partial charge in [0.15, 0.2) is 0 Å². The van der Waals surface area contributed by atoms with Crippen LogP contribution in [0.2, 0.25) is 0 Å². The maximum Gasteiger partial charge on any atom is 0.227 e. The molecule has 6 heteroatoms. The maximum atomic E-state index is 13.4. The number of rotatable bonds is 6. The van der Waals surface area contributed by atoms with Crippen LogP contribution in [0.4, 0.5) is 0 Å². The van der Waals surface area contributed by atoms with E-state index in [0.29, 0.717) is 6.42 Å². The first-order chi connectivity index (χ1) is 18.2. The third-order valence-corrected chi connectivity index (χ3v) is 8.08. The van der Waals surface area contributed by atoms with Crippen LogP contribution in [-0.2, 0) is 17.6 Å². The summed E-state index contributed by atoms with van der Waals surface area (Å²) in [7, 11) is 0. The fourth-order valence-corrected chi connectivity index (χ4v) is 6.08. The van der Waals surface area contributed by atoms with Crippen molar-refractivity contribution in [3.05, 3.63) is 83.3 Å². The van der Waals surface area contributed by atoms with E-state index in [2.05, 4.69) is 55.7 Å². The number of pyridine rings is 1. The van der Waals surface area contributed by atoms with E-state index in [4.69, 9.17) is 0 Å². The first kappa shape index (κ1) is 23.9. The lowest BCUT2D eigenvalue weighted by Gasteiger charge is -2.27. The van der Waals surface area contributed by atoms with Crippen LogP contribution >= 0.6 is 0 Å². The molecule has 6 rings (SSSR count). The summed E-state index contributed by atoms with van der Waals surface area (Å²) in [6.45, 7) is 3.08. The molecule has 3 aromatic rings. The molecule has 1 aliphatic heterocycles. The van der Waals surface area contributed by atoms with E-state index >= 15 is 0 Å². The highest BCUT2D eigenvalue weighted by Gasteiger charge is 2.28. The summed E-state index contributed by atoms with van der Waals surface area (Å²) in [5.41, 5.74) is 8.44. The number of hydrogen-bond donors (Lipinski definition) is 2. The van der Waals surface area contributed by atoms with Gasteiger partial charge in [0.25, 0.3) is 0 Å². The molecular weight excluding hydrogens is 458 g/mol. The van der Waals surface area contributed by atoms with Gasteiger partial charge in [-0.2, -0.15) is 5.10 Å². The van der Waals surface area contributed by atoms with Crippen molar-refractivity contribution in [1.29, 1.82) is 0 Å². The van der Waals surface area contributed by atoms with Crippen LogP contribution in [0.15, 0.2) is 60.9 Å². The SMILES string of the molecule is O=C(NC1CCCCN(CCC2=CCCc3ccccc32)C1)C1C=Cc2[nH]nc(-c3ccncc3)c2C1. The Labute approximate surface area is 218 Å². The van der Waals surface area contributed by atoms with E-state index < -0.39 is 0 Å². The predicted molar refractivity (Wildman–Crippen MR) is 148 cm³/mol. The Morgan fingerprint density at radius 3 is 2.95 bits per heavy atom. The van der Waals surface area contributed by atoms with Crippen LogP contribution < -0.4 is 5.32 Å². The number of allylic oxidation sites excluding steroid dienone is 1. The molecule has 0 radical (unpaired) electrons. The molecule has 2 unspecified atom stereocenters. The lowest BCUT2D eigenvalue weighted by atomic mass is 9.89. The molecule has 1 fully saturated rings. The summed E-state index contributed by atoms with van der Waals surface area (Å²) < 4.78 is 0. The summed E-state index contributed by atoms with van der Waals surface area (Å²) >= 11 is 0. The van der Waals surface area contributed by atoms with Crippen molar-refractivity contribution in [3.63, 3.8) is 0 Å². The van der Waals surface area contributed by atoms with E-state index in [1.807, 2.05) is 24.3 Å². The molecule has 6 nitrogen and oxygen atoms in total. The molecule has 0 saturated carbocycles. The number of hydrogen-bond acceptors (Lipinski definition) is 4. The molecule has 2 N–H and O–H groups in total. The Hall–Kier alpha value is -3.51. The van der Waals surface area contributed by atoms with Gasteiger partial charge in [-0.05, 0) is 80.0 Å². The fraction of sp³-hybridized carbons (Fsp3) is 0.387. The molecule has 0 spiro atoms. The van der Waals surface area contributed by atoms with Gasteiger partial charge in [0.2, 0.25) is 5.91 Å². The molecule has 2 aromatic heterocycles. The minimum atomic E-state index is -0.175. The Morgan fingerprint density at radius 2 is 2.03 bits per heavy atom. The van der Waals surface area contributed by atoms with Crippen LogP contribution in [0.1, 0.15) is 54.5 Å². The summed E-state index contributed by atoms with van der Waals surface area (Å²) in [4.78, 5) is 20.1. The second-order valence-electron chi connectivity index (χ2n) is 10.5. The molecule has 2 atom stereocenters. The van der Waals surface area contributed by atoms with Crippen molar-refractivity contribution < 1.29 is 4.79 Å². The molecule has 37 heavy (non-hydrogen) atoms. The van der Waals surface area contributed by atoms with Gasteiger partial charge in [0, 0.05) is 42.7 Å². The predicted octanol–water partition coefficient (Wildman–Crippen LogP) is 5.05. The summed E-state index contributed by atoms with van der Waals surface area (Å²) in [6, 6.07) is 13.0. The normalized spacial score (nSPS) is 21.5. The summed E-state index contributed by atoms with van der Waals surface area (Å²) in [5.74, 6) is -0.0502. The van der Waals surface area contributed by atoms with Gasteiger partial charge in [-0.1, -0.05) is 42.8 Å². The average Bonchev–Trinajstić information content (AvgIpc) is 3.24. The fourth-order valence-electron chi connectivity index (χ4n) is 6.08. The van der Waals surface area contributed by atoms with Crippen LogP contribution in [0.25, 0.3) is 22.9 Å². The number of likely N-dealkylation sites (tertiary alicyclic amines) is 1. The number of aromatic amines is 1. The molecule has 3 heterocycles. The third kappa shape index (κ3) is 5.30. The lowest BCUT2D eigenvalue weighted by Crippen LogP contribution is -2.45. The monoisotopic (exact) mass is 493 g/mol. The van der Waals surface area contributed by atoms with Crippen LogP contribution in [-0.4, -0.2) is 51.7 Å². The van der Waals surface area contributed by atoms with E-state index in [1.165, 1.54) is 23.1 Å². The number of nitrogens with one attached hydrogen (secondary N) is 2. The molecule has 3 aliphatic rings. The zero-order valence-corrected chi connectivity index (χ0v) is 21.3. The number of carbonyl (C=O) groups excluding carboxylic acids is 1. The van der Waals surface area contributed by atoms with Gasteiger partial charge in [-0.25, -0.2) is 0 Å². The molecule has 1 saturated heterocycles. The minimum absolute atomic E-state index is 0.125. The van der Waals surface area contributed by atoms with Crippen molar-refractivity contribution in [1.82, 2.24) is 25.4 Å². The van der Waals surface area contributed by atoms with E-state index in [-0.39, 0.29) is 17.9 Å². The smallest absolute Gasteiger partial charge is 0.227 e. The molecular formula is C31H35N5O. The number of H-pyrrole nitrogens is 1. The van der Waals surface area contributed by atoms with Gasteiger partial charge in [0.1, 0.15) is 0 Å². The number of amides is 1. The van der Waals surface area contributed by atoms with Crippen LogP contribution in [0, 0.1) is 5.92 Å². The van der Waals surface area contributed by atoms with Crippen LogP contribution in [0.5, 0.6) is 0 Å². The van der Waals surface area contributed by atoms with Crippen molar-refractivity contribution in [2.24, 2.45) is 5.92 Å². The second-order valence-corrected chi connectivity index (χ2v) is 10.5. The van der Waals surface area contributed by atoms with Gasteiger partial charge in [-0.3, -0.25) is 14.9 Å². The Balaban J connectivity index is 1.07. The van der Waals surface area contributed by atoms with E-state index in [9.17, 15) is 4.79 Å². The van der Waals surface area contributed by atoms with Crippen molar-refractivity contribution >= 4 is 17.6 Å². The zero-order chi connectivity index (χ0) is 25.0. The molecule has 1 amide bonds. The van der Waals surface area contributed by atoms with Gasteiger partial charge in [-0.15, -0.1) is 0 Å². The van der Waals surface area contributed by atoms with Gasteiger partial charge in [0.05, 0.1) is 17.3 Å². The number of nitrogens with zero attached hydrogens (tertiary/aromatic N) is 3. The summed E-state index contributed by atoms with van der Waals surface area (Å²) in [6.07, 6.45) is 17.4. The van der Waals surface area contributed by atoms with E-state index in [1.54, 1.807) is 12.4 Å². The first-order valence-corrected chi connectivity index (χ1v) is 13.7. The molecule has 2 aliphatic carbocycles. The maximum absolute atomic E-state index is 13.4.